The summed E-state index contributed by atoms with van der Waals surface area (Å²) in [6.45, 7) is 1.33. The standard InChI is InChI=1S/C29H27FN2O2/c1-34-22-10-5-9-20(15-22)29-13-14-32(28(33)19-7-3-2-4-8-19)18-21(29)16-23-26(17-29)31-25-12-6-11-24(30)27(23)25/h2-12,15,21,31H,13-14,16-18H2,1H3. The smallest absolute Gasteiger partial charge is 0.253 e. The lowest BCUT2D eigenvalue weighted by Gasteiger charge is -2.51. The molecule has 1 aromatic heterocycles. The molecule has 1 aliphatic heterocycles. The van der Waals surface area contributed by atoms with Crippen LogP contribution in [-0.4, -0.2) is 36.0 Å². The van der Waals surface area contributed by atoms with Crippen molar-refractivity contribution in [3.05, 3.63) is 101 Å². The zero-order valence-electron chi connectivity index (χ0n) is 19.2. The van der Waals surface area contributed by atoms with Crippen LogP contribution in [0.15, 0.2) is 72.8 Å². The van der Waals surface area contributed by atoms with Crippen LogP contribution in [0.3, 0.4) is 0 Å². The molecule has 6 rings (SSSR count). The molecule has 1 N–H and O–H groups in total. The molecule has 0 spiro atoms. The lowest BCUT2D eigenvalue weighted by molar-refractivity contribution is 0.0500. The van der Waals surface area contributed by atoms with Crippen molar-refractivity contribution in [1.82, 2.24) is 9.88 Å². The Balaban J connectivity index is 1.45. The molecule has 172 valence electrons. The molecule has 2 unspecified atom stereocenters. The van der Waals surface area contributed by atoms with Crippen molar-refractivity contribution in [2.24, 2.45) is 5.92 Å². The van der Waals surface area contributed by atoms with E-state index in [1.807, 2.05) is 53.4 Å². The summed E-state index contributed by atoms with van der Waals surface area (Å²) >= 11 is 0. The summed E-state index contributed by atoms with van der Waals surface area (Å²) in [5, 5.41) is 0.697. The largest absolute Gasteiger partial charge is 0.497 e. The number of methoxy groups -OCH3 is 1. The molecular weight excluding hydrogens is 427 g/mol. The van der Waals surface area contributed by atoms with Gasteiger partial charge in [0.05, 0.1) is 7.11 Å². The number of likely N-dealkylation sites (tertiary alicyclic amines) is 1. The second-order valence-corrected chi connectivity index (χ2v) is 9.58. The Morgan fingerprint density at radius 3 is 2.74 bits per heavy atom. The summed E-state index contributed by atoms with van der Waals surface area (Å²) in [5.41, 5.74) is 4.82. The first kappa shape index (κ1) is 21.0. The number of piperidine rings is 1. The summed E-state index contributed by atoms with van der Waals surface area (Å²) in [6.07, 6.45) is 2.37. The molecule has 5 heteroatoms. The van der Waals surface area contributed by atoms with E-state index in [1.165, 1.54) is 11.6 Å². The van der Waals surface area contributed by atoms with Gasteiger partial charge in [-0.05, 0) is 72.7 Å². The topological polar surface area (TPSA) is 45.3 Å². The van der Waals surface area contributed by atoms with Crippen molar-refractivity contribution in [2.45, 2.75) is 24.7 Å². The molecule has 1 saturated heterocycles. The van der Waals surface area contributed by atoms with Gasteiger partial charge in [-0.2, -0.15) is 0 Å². The summed E-state index contributed by atoms with van der Waals surface area (Å²) in [4.78, 5) is 18.8. The molecular formula is C29H27FN2O2. The zero-order chi connectivity index (χ0) is 23.3. The predicted octanol–water partition coefficient (Wildman–Crippen LogP) is 5.51. The lowest BCUT2D eigenvalue weighted by atomic mass is 9.58. The van der Waals surface area contributed by atoms with Crippen LogP contribution in [0.1, 0.15) is 33.6 Å². The molecule has 0 radical (unpaired) electrons. The Hall–Kier alpha value is -3.60. The minimum Gasteiger partial charge on any atom is -0.497 e. The molecule has 2 heterocycles. The summed E-state index contributed by atoms with van der Waals surface area (Å²) in [6, 6.07) is 23.0. The average molecular weight is 455 g/mol. The van der Waals surface area contributed by atoms with Crippen LogP contribution in [0.25, 0.3) is 10.9 Å². The normalized spacial score (nSPS) is 21.7. The first-order valence-electron chi connectivity index (χ1n) is 11.9. The van der Waals surface area contributed by atoms with Crippen molar-refractivity contribution in [3.63, 3.8) is 0 Å². The van der Waals surface area contributed by atoms with Crippen molar-refractivity contribution in [2.75, 3.05) is 20.2 Å². The molecule has 2 atom stereocenters. The van der Waals surface area contributed by atoms with Gasteiger partial charge in [-0.3, -0.25) is 4.79 Å². The van der Waals surface area contributed by atoms with Gasteiger partial charge in [0.15, 0.2) is 0 Å². The Bertz CT molecular complexity index is 1380. The second kappa shape index (κ2) is 8.01. The predicted molar refractivity (Wildman–Crippen MR) is 131 cm³/mol. The van der Waals surface area contributed by atoms with E-state index in [2.05, 4.69) is 17.1 Å². The second-order valence-electron chi connectivity index (χ2n) is 9.58. The van der Waals surface area contributed by atoms with Crippen LogP contribution in [0, 0.1) is 11.7 Å². The first-order valence-corrected chi connectivity index (χ1v) is 11.9. The van der Waals surface area contributed by atoms with Crippen LogP contribution in [-0.2, 0) is 18.3 Å². The summed E-state index contributed by atoms with van der Waals surface area (Å²) in [5.74, 6) is 0.890. The molecule has 1 amide bonds. The summed E-state index contributed by atoms with van der Waals surface area (Å²) < 4.78 is 20.4. The average Bonchev–Trinajstić information content (AvgIpc) is 3.25. The van der Waals surface area contributed by atoms with E-state index >= 15 is 0 Å². The third-order valence-electron chi connectivity index (χ3n) is 7.91. The van der Waals surface area contributed by atoms with Crippen LogP contribution >= 0.6 is 0 Å². The number of aromatic amines is 1. The first-order chi connectivity index (χ1) is 16.6. The number of fused-ring (bicyclic) bond motifs is 4. The molecule has 0 bridgehead atoms. The molecule has 2 aliphatic rings. The number of carbonyl (C=O) groups is 1. The number of benzene rings is 3. The number of nitrogens with one attached hydrogen (secondary N) is 1. The minimum absolute atomic E-state index is 0.0655. The van der Waals surface area contributed by atoms with Gasteiger partial charge in [-0.15, -0.1) is 0 Å². The number of hydrogen-bond acceptors (Lipinski definition) is 2. The van der Waals surface area contributed by atoms with E-state index in [9.17, 15) is 9.18 Å². The fourth-order valence-electron chi connectivity index (χ4n) is 6.19. The van der Waals surface area contributed by atoms with Gasteiger partial charge in [0, 0.05) is 40.7 Å². The maximum absolute atomic E-state index is 14.9. The van der Waals surface area contributed by atoms with Crippen LogP contribution < -0.4 is 4.74 Å². The third-order valence-corrected chi connectivity index (χ3v) is 7.91. The van der Waals surface area contributed by atoms with Crippen molar-refractivity contribution >= 4 is 16.8 Å². The number of aromatic nitrogens is 1. The lowest BCUT2D eigenvalue weighted by Crippen LogP contribution is -2.55. The van der Waals surface area contributed by atoms with E-state index in [1.54, 1.807) is 13.2 Å². The van der Waals surface area contributed by atoms with E-state index < -0.39 is 0 Å². The Kier molecular flexibility index (Phi) is 4.94. The SMILES string of the molecule is COc1cccc(C23CCN(C(=O)c4ccccc4)CC2Cc2c([nH]c4cccc(F)c24)C3)c1. The fraction of sp³-hybridized carbons (Fsp3) is 0.276. The van der Waals surface area contributed by atoms with Gasteiger partial charge in [0.2, 0.25) is 0 Å². The van der Waals surface area contributed by atoms with E-state index in [0.29, 0.717) is 24.0 Å². The summed E-state index contributed by atoms with van der Waals surface area (Å²) in [7, 11) is 1.69. The van der Waals surface area contributed by atoms with E-state index in [4.69, 9.17) is 4.74 Å². The number of ether oxygens (including phenoxy) is 1. The third kappa shape index (κ3) is 3.22. The van der Waals surface area contributed by atoms with Crippen LogP contribution in [0.2, 0.25) is 0 Å². The van der Waals surface area contributed by atoms with Crippen molar-refractivity contribution < 1.29 is 13.9 Å². The fourth-order valence-corrected chi connectivity index (χ4v) is 6.19. The van der Waals surface area contributed by atoms with Crippen molar-refractivity contribution in [3.8, 4) is 5.75 Å². The molecule has 1 fully saturated rings. The Morgan fingerprint density at radius 1 is 1.09 bits per heavy atom. The highest BCUT2D eigenvalue weighted by Gasteiger charge is 2.49. The molecule has 4 nitrogen and oxygen atoms in total. The van der Waals surface area contributed by atoms with Crippen molar-refractivity contribution in [1.29, 1.82) is 0 Å². The number of hydrogen-bond donors (Lipinski definition) is 1. The molecule has 4 aromatic rings. The maximum atomic E-state index is 14.9. The quantitative estimate of drug-likeness (QED) is 0.443. The highest BCUT2D eigenvalue weighted by Crippen LogP contribution is 2.50. The van der Waals surface area contributed by atoms with Gasteiger partial charge >= 0.3 is 0 Å². The van der Waals surface area contributed by atoms with Gasteiger partial charge in [0.25, 0.3) is 5.91 Å². The van der Waals surface area contributed by atoms with E-state index in [-0.39, 0.29) is 23.1 Å². The van der Waals surface area contributed by atoms with Gasteiger partial charge in [0.1, 0.15) is 11.6 Å². The monoisotopic (exact) mass is 454 g/mol. The maximum Gasteiger partial charge on any atom is 0.253 e. The molecule has 3 aromatic carbocycles. The van der Waals surface area contributed by atoms with Gasteiger partial charge in [-0.25, -0.2) is 4.39 Å². The van der Waals surface area contributed by atoms with Crippen LogP contribution in [0.5, 0.6) is 5.75 Å². The molecule has 34 heavy (non-hydrogen) atoms. The number of halogens is 1. The highest BCUT2D eigenvalue weighted by atomic mass is 19.1. The zero-order valence-corrected chi connectivity index (χ0v) is 19.2. The van der Waals surface area contributed by atoms with E-state index in [0.717, 1.165) is 41.8 Å². The number of amides is 1. The molecule has 1 aliphatic carbocycles. The Morgan fingerprint density at radius 2 is 1.91 bits per heavy atom. The highest BCUT2D eigenvalue weighted by molar-refractivity contribution is 5.94. The number of carbonyl (C=O) groups excluding carboxylic acids is 1. The number of H-pyrrole nitrogens is 1. The number of nitrogens with zero attached hydrogens (tertiary/aromatic N) is 1. The van der Waals surface area contributed by atoms with Gasteiger partial charge < -0.3 is 14.6 Å². The Labute approximate surface area is 198 Å². The molecule has 0 saturated carbocycles. The van der Waals surface area contributed by atoms with Crippen LogP contribution in [0.4, 0.5) is 4.39 Å². The van der Waals surface area contributed by atoms with Gasteiger partial charge in [-0.1, -0.05) is 36.4 Å². The minimum atomic E-state index is -0.183. The number of rotatable bonds is 3.